The van der Waals surface area contributed by atoms with Gasteiger partial charge in [-0.3, -0.25) is 4.79 Å². The molecule has 2 fully saturated rings. The number of Topliss-reactive ketones (excluding diaryl/α,β-unsaturated/α-hetero) is 1. The molecule has 5 rings (SSSR count). The lowest BCUT2D eigenvalue weighted by Gasteiger charge is -2.42. The van der Waals surface area contributed by atoms with Crippen LogP contribution in [-0.2, 0) is 14.2 Å². The molecule has 15 nitrogen and oxygen atoms in total. The van der Waals surface area contributed by atoms with Gasteiger partial charge < -0.3 is 69.3 Å². The summed E-state index contributed by atoms with van der Waals surface area (Å²) in [6.45, 7) is 0.964. The number of benzene rings is 2. The van der Waals surface area contributed by atoms with Gasteiger partial charge in [-0.1, -0.05) is 6.07 Å². The number of aliphatic hydroxyl groups is 6. The average Bonchev–Trinajstić information content (AvgIpc) is 2.97. The molecule has 43 heavy (non-hydrogen) atoms. The van der Waals surface area contributed by atoms with Crippen molar-refractivity contribution < 1.29 is 74.1 Å². The summed E-state index contributed by atoms with van der Waals surface area (Å²) in [5.41, 5.74) is 0.373. The van der Waals surface area contributed by atoms with Gasteiger partial charge in [-0.2, -0.15) is 0 Å². The van der Waals surface area contributed by atoms with Crippen molar-refractivity contribution in [2.75, 3.05) is 13.7 Å². The number of rotatable bonds is 7. The molecule has 3 heterocycles. The third-order valence-electron chi connectivity index (χ3n) is 7.70. The number of fused-ring (bicyclic) bond motifs is 1. The minimum Gasteiger partial charge on any atom is -0.507 e. The summed E-state index contributed by atoms with van der Waals surface area (Å²) in [6, 6.07) is 6.90. The molecule has 3 aliphatic heterocycles. The predicted molar refractivity (Wildman–Crippen MR) is 141 cm³/mol. The van der Waals surface area contributed by atoms with Gasteiger partial charge >= 0.3 is 0 Å². The Labute approximate surface area is 245 Å². The second kappa shape index (κ2) is 12.4. The van der Waals surface area contributed by atoms with Crippen molar-refractivity contribution in [1.82, 2.24) is 0 Å². The van der Waals surface area contributed by atoms with Crippen LogP contribution in [0.3, 0.4) is 0 Å². The van der Waals surface area contributed by atoms with Crippen molar-refractivity contribution in [3.8, 4) is 28.7 Å². The minimum atomic E-state index is -1.77. The number of ether oxygens (including phenoxy) is 6. The molecule has 0 aromatic heterocycles. The van der Waals surface area contributed by atoms with Crippen LogP contribution in [0, 0.1) is 0 Å². The van der Waals surface area contributed by atoms with E-state index in [0.29, 0.717) is 5.56 Å². The van der Waals surface area contributed by atoms with Crippen LogP contribution >= 0.6 is 0 Å². The zero-order valence-electron chi connectivity index (χ0n) is 23.1. The van der Waals surface area contributed by atoms with Gasteiger partial charge in [-0.05, 0) is 24.6 Å². The van der Waals surface area contributed by atoms with Gasteiger partial charge in [0, 0.05) is 12.1 Å². The minimum absolute atomic E-state index is 0.0457. The largest absolute Gasteiger partial charge is 0.507 e. The highest BCUT2D eigenvalue weighted by atomic mass is 16.7. The number of carbonyl (C=O) groups excluding carboxylic acids is 1. The Morgan fingerprint density at radius 2 is 1.53 bits per heavy atom. The molecule has 0 radical (unpaired) electrons. The lowest BCUT2D eigenvalue weighted by Crippen LogP contribution is -2.61. The van der Waals surface area contributed by atoms with Crippen LogP contribution in [0.5, 0.6) is 28.7 Å². The first kappa shape index (κ1) is 31.2. The SMILES string of the molecule is COc1ccc([C@@H]2CC(=O)c3c(O)cc(O[C@@H]4O[C@H](CO[C@@H]5O[C@H](C)[C@H](O)[C@H](O)[C@@H]5O)[C@H](O)[C@H](O)[C@H]4O)cc3O2)cc1O. The first-order chi connectivity index (χ1) is 20.4. The van der Waals surface area contributed by atoms with Gasteiger partial charge in [0.2, 0.25) is 6.29 Å². The van der Waals surface area contributed by atoms with Gasteiger partial charge in [0.25, 0.3) is 0 Å². The second-order valence-electron chi connectivity index (χ2n) is 10.6. The summed E-state index contributed by atoms with van der Waals surface area (Å²) in [5, 5.41) is 82.2. The first-order valence-corrected chi connectivity index (χ1v) is 13.5. The van der Waals surface area contributed by atoms with Crippen LogP contribution in [0.1, 0.15) is 35.4 Å². The van der Waals surface area contributed by atoms with Crippen LogP contribution in [0.2, 0.25) is 0 Å². The standard InChI is InChI=1S/C28H34O15/c1-10-21(32)23(34)25(36)27(40-10)39-9-19-22(33)24(35)26(37)28(43-19)41-12-6-14(30)20-15(31)8-17(42-18(20)7-12)11-3-4-16(38-2)13(29)5-11/h3-7,10,17,19,21-30,32-37H,8-9H2,1-2H3/t10-,17+,19-,21+,22+,23+,24+,25+,26-,27-,28-/m1/s1. The van der Waals surface area contributed by atoms with E-state index in [4.69, 9.17) is 28.4 Å². The second-order valence-corrected chi connectivity index (χ2v) is 10.6. The van der Waals surface area contributed by atoms with Crippen molar-refractivity contribution in [2.24, 2.45) is 0 Å². The number of hydrogen-bond donors (Lipinski definition) is 8. The Balaban J connectivity index is 1.30. The van der Waals surface area contributed by atoms with Gasteiger partial charge in [-0.25, -0.2) is 0 Å². The predicted octanol–water partition coefficient (Wildman–Crippen LogP) is -1.16. The fourth-order valence-electron chi connectivity index (χ4n) is 5.20. The molecule has 0 amide bonds. The van der Waals surface area contributed by atoms with Gasteiger partial charge in [0.1, 0.15) is 71.6 Å². The molecule has 0 aliphatic carbocycles. The van der Waals surface area contributed by atoms with Crippen molar-refractivity contribution in [2.45, 2.75) is 80.9 Å². The van der Waals surface area contributed by atoms with Crippen LogP contribution in [0.15, 0.2) is 30.3 Å². The van der Waals surface area contributed by atoms with Crippen molar-refractivity contribution in [3.63, 3.8) is 0 Å². The van der Waals surface area contributed by atoms with E-state index in [0.717, 1.165) is 6.07 Å². The lowest BCUT2D eigenvalue weighted by atomic mass is 9.95. The first-order valence-electron chi connectivity index (χ1n) is 13.5. The topological polar surface area (TPSA) is 234 Å². The lowest BCUT2D eigenvalue weighted by molar-refractivity contribution is -0.318. The van der Waals surface area contributed by atoms with Crippen LogP contribution in [-0.4, -0.2) is 122 Å². The molecule has 3 aliphatic rings. The number of carbonyl (C=O) groups is 1. The number of hydrogen-bond acceptors (Lipinski definition) is 15. The molecular weight excluding hydrogens is 576 g/mol. The van der Waals surface area contributed by atoms with E-state index in [2.05, 4.69) is 0 Å². The maximum atomic E-state index is 12.9. The van der Waals surface area contributed by atoms with Crippen LogP contribution in [0.25, 0.3) is 0 Å². The number of ketones is 1. The highest BCUT2D eigenvalue weighted by molar-refractivity contribution is 6.02. The summed E-state index contributed by atoms with van der Waals surface area (Å²) >= 11 is 0. The maximum absolute atomic E-state index is 12.9. The third kappa shape index (κ3) is 6.08. The van der Waals surface area contributed by atoms with E-state index in [1.165, 1.54) is 32.2 Å². The Hall–Kier alpha value is -3.25. The molecule has 0 unspecified atom stereocenters. The average molecular weight is 611 g/mol. The molecule has 2 saturated heterocycles. The zero-order chi connectivity index (χ0) is 31.2. The van der Waals surface area contributed by atoms with E-state index in [1.807, 2.05) is 0 Å². The summed E-state index contributed by atoms with van der Waals surface area (Å²) in [6.07, 6.45) is -15.9. The van der Waals surface area contributed by atoms with E-state index >= 15 is 0 Å². The zero-order valence-corrected chi connectivity index (χ0v) is 23.1. The summed E-state index contributed by atoms with van der Waals surface area (Å²) < 4.78 is 33.1. The van der Waals surface area contributed by atoms with Crippen LogP contribution < -0.4 is 14.2 Å². The van der Waals surface area contributed by atoms with E-state index in [1.54, 1.807) is 6.07 Å². The Morgan fingerprint density at radius 1 is 0.837 bits per heavy atom. The molecule has 0 saturated carbocycles. The number of aromatic hydroxyl groups is 2. The molecule has 11 atom stereocenters. The third-order valence-corrected chi connectivity index (χ3v) is 7.70. The Bertz CT molecular complexity index is 1320. The van der Waals surface area contributed by atoms with Gasteiger partial charge in [0.15, 0.2) is 23.6 Å². The fraction of sp³-hybridized carbons (Fsp3) is 0.536. The molecule has 0 bridgehead atoms. The number of methoxy groups -OCH3 is 1. The number of phenols is 2. The normalized spacial score (nSPS) is 36.0. The molecular formula is C28H34O15. The van der Waals surface area contributed by atoms with Crippen LogP contribution in [0.4, 0.5) is 0 Å². The van der Waals surface area contributed by atoms with E-state index < -0.39 is 85.7 Å². The molecule has 236 valence electrons. The Morgan fingerprint density at radius 3 is 2.23 bits per heavy atom. The summed E-state index contributed by atoms with van der Waals surface area (Å²) in [5.74, 6) is -0.999. The van der Waals surface area contributed by atoms with Crippen molar-refractivity contribution in [3.05, 3.63) is 41.5 Å². The summed E-state index contributed by atoms with van der Waals surface area (Å²) in [7, 11) is 1.39. The highest BCUT2D eigenvalue weighted by Gasteiger charge is 2.47. The van der Waals surface area contributed by atoms with Crippen molar-refractivity contribution in [1.29, 1.82) is 0 Å². The fourth-order valence-corrected chi connectivity index (χ4v) is 5.20. The molecule has 0 spiro atoms. The molecule has 2 aromatic carbocycles. The van der Waals surface area contributed by atoms with Gasteiger partial charge in [0.05, 0.1) is 26.2 Å². The monoisotopic (exact) mass is 610 g/mol. The quantitative estimate of drug-likeness (QED) is 0.185. The smallest absolute Gasteiger partial charge is 0.229 e. The van der Waals surface area contributed by atoms with Gasteiger partial charge in [-0.15, -0.1) is 0 Å². The molecule has 15 heteroatoms. The number of phenolic OH excluding ortho intramolecular Hbond substituents is 2. The van der Waals surface area contributed by atoms with Crippen molar-refractivity contribution >= 4 is 5.78 Å². The molecule has 2 aromatic rings. The van der Waals surface area contributed by atoms with E-state index in [9.17, 15) is 45.6 Å². The highest BCUT2D eigenvalue weighted by Crippen LogP contribution is 2.43. The molecule has 8 N–H and O–H groups in total. The number of aliphatic hydroxyl groups excluding tert-OH is 6. The van der Waals surface area contributed by atoms with E-state index in [-0.39, 0.29) is 35.0 Å². The summed E-state index contributed by atoms with van der Waals surface area (Å²) in [4.78, 5) is 12.9. The Kier molecular flexibility index (Phi) is 8.99. The maximum Gasteiger partial charge on any atom is 0.229 e.